The Labute approximate surface area is 144 Å². The highest BCUT2D eigenvalue weighted by Gasteiger charge is 2.20. The summed E-state index contributed by atoms with van der Waals surface area (Å²) in [6.45, 7) is 9.24. The van der Waals surface area contributed by atoms with E-state index in [1.165, 1.54) is 0 Å². The molecule has 1 heterocycles. The number of carbonyl (C=O) groups excluding carboxylic acids is 1. The molecule has 0 saturated carbocycles. The third kappa shape index (κ3) is 3.41. The number of halogens is 3. The monoisotopic (exact) mass is 350 g/mol. The van der Waals surface area contributed by atoms with Crippen molar-refractivity contribution in [2.45, 2.75) is 20.8 Å². The van der Waals surface area contributed by atoms with Gasteiger partial charge in [-0.25, -0.2) is 8.78 Å². The van der Waals surface area contributed by atoms with Gasteiger partial charge in [-0.3, -0.25) is 9.63 Å². The van der Waals surface area contributed by atoms with Crippen LogP contribution < -0.4 is 4.84 Å². The van der Waals surface area contributed by atoms with Gasteiger partial charge in [0.15, 0.2) is 0 Å². The van der Waals surface area contributed by atoms with Crippen LogP contribution >= 0.6 is 11.8 Å². The van der Waals surface area contributed by atoms with Crippen molar-refractivity contribution in [1.82, 2.24) is 9.74 Å². The molecule has 1 N–H and O–H groups in total. The van der Waals surface area contributed by atoms with Gasteiger partial charge in [0, 0.05) is 34.9 Å². The Balaban J connectivity index is 2.49. The molecule has 0 radical (unpaired) electrons. The first kappa shape index (κ1) is 17.9. The average molecular weight is 351 g/mol. The van der Waals surface area contributed by atoms with Crippen molar-refractivity contribution in [3.63, 3.8) is 0 Å². The van der Waals surface area contributed by atoms with Gasteiger partial charge in [0.2, 0.25) is 0 Å². The van der Waals surface area contributed by atoms with Gasteiger partial charge >= 0.3 is 0 Å². The molecule has 0 fully saturated rings. The van der Waals surface area contributed by atoms with Crippen LogP contribution in [0.1, 0.15) is 36.7 Å². The Morgan fingerprint density at radius 3 is 2.33 bits per heavy atom. The molecule has 1 aromatic carbocycles. The van der Waals surface area contributed by atoms with Crippen molar-refractivity contribution in [3.8, 4) is 0 Å². The van der Waals surface area contributed by atoms with Crippen molar-refractivity contribution < 1.29 is 13.6 Å². The molecule has 3 nitrogen and oxygen atoms in total. The highest BCUT2D eigenvalue weighted by Crippen LogP contribution is 2.30. The molecule has 1 aliphatic rings. The minimum absolute atomic E-state index is 0.185. The van der Waals surface area contributed by atoms with Crippen molar-refractivity contribution >= 4 is 23.3 Å². The predicted octanol–water partition coefficient (Wildman–Crippen LogP) is 4.89. The first-order valence-electron chi connectivity index (χ1n) is 7.18. The Hall–Kier alpha value is -2.40. The largest absolute Gasteiger partial charge is 0.321 e. The van der Waals surface area contributed by atoms with Crippen molar-refractivity contribution in [1.29, 1.82) is 0 Å². The van der Waals surface area contributed by atoms with Crippen LogP contribution in [0.25, 0.3) is 5.57 Å². The van der Waals surface area contributed by atoms with Crippen molar-refractivity contribution in [2.75, 3.05) is 0 Å². The molecule has 0 unspecified atom stereocenters. The van der Waals surface area contributed by atoms with E-state index in [1.807, 2.05) is 23.9 Å². The second-order valence-electron chi connectivity index (χ2n) is 5.51. The first-order chi connectivity index (χ1) is 11.3. The molecule has 0 spiro atoms. The molecule has 0 atom stereocenters. The molecule has 0 aromatic heterocycles. The SMILES string of the molecule is C=C1C=C(C)C=CN1/C(C)=C(\C)c1c(F)cc(C(=O)NCl)cc1F. The summed E-state index contributed by atoms with van der Waals surface area (Å²) in [6.07, 6.45) is 5.55. The van der Waals surface area contributed by atoms with E-state index in [0.29, 0.717) is 17.0 Å². The number of benzene rings is 1. The molecule has 126 valence electrons. The maximum Gasteiger partial charge on any atom is 0.265 e. The number of carbonyl (C=O) groups is 1. The summed E-state index contributed by atoms with van der Waals surface area (Å²) in [7, 11) is 0. The van der Waals surface area contributed by atoms with Crippen LogP contribution in [0.3, 0.4) is 0 Å². The maximum absolute atomic E-state index is 14.4. The minimum Gasteiger partial charge on any atom is -0.321 e. The molecule has 6 heteroatoms. The van der Waals surface area contributed by atoms with Crippen LogP contribution in [-0.2, 0) is 0 Å². The van der Waals surface area contributed by atoms with Gasteiger partial charge < -0.3 is 4.90 Å². The lowest BCUT2D eigenvalue weighted by atomic mass is 10.0. The lowest BCUT2D eigenvalue weighted by Gasteiger charge is -2.27. The molecule has 0 bridgehead atoms. The van der Waals surface area contributed by atoms with Crippen LogP contribution in [0.15, 0.2) is 54.0 Å². The lowest BCUT2D eigenvalue weighted by Crippen LogP contribution is -2.17. The van der Waals surface area contributed by atoms with E-state index >= 15 is 0 Å². The number of rotatable bonds is 3. The molecule has 1 aromatic rings. The predicted molar refractivity (Wildman–Crippen MR) is 91.8 cm³/mol. The number of nitrogens with one attached hydrogen (secondary N) is 1. The second-order valence-corrected chi connectivity index (χ2v) is 5.70. The quantitative estimate of drug-likeness (QED) is 0.787. The molecule has 0 aliphatic carbocycles. The molecule has 24 heavy (non-hydrogen) atoms. The third-order valence-electron chi connectivity index (χ3n) is 3.86. The van der Waals surface area contributed by atoms with E-state index < -0.39 is 17.5 Å². The van der Waals surface area contributed by atoms with E-state index in [-0.39, 0.29) is 11.1 Å². The van der Waals surface area contributed by atoms with Crippen molar-refractivity contribution in [2.24, 2.45) is 0 Å². The Kier molecular flexibility index (Phi) is 5.24. The number of allylic oxidation sites excluding steroid dienone is 5. The summed E-state index contributed by atoms with van der Waals surface area (Å²) in [5, 5.41) is 0. The van der Waals surface area contributed by atoms with Gasteiger partial charge in [-0.15, -0.1) is 0 Å². The topological polar surface area (TPSA) is 32.3 Å². The summed E-state index contributed by atoms with van der Waals surface area (Å²) in [5.41, 5.74) is 2.40. The normalized spacial score (nSPS) is 15.2. The maximum atomic E-state index is 14.4. The standard InChI is InChI=1S/C18H17ClF2N2O/c1-10-5-6-23(11(2)7-10)13(4)12(3)17-15(20)8-14(9-16(17)21)18(24)22-19/h5-9H,2H2,1,3-4H3,(H,22,24)/b13-12+. The van der Waals surface area contributed by atoms with Crippen LogP contribution in [0, 0.1) is 11.6 Å². The second kappa shape index (κ2) is 7.01. The van der Waals surface area contributed by atoms with E-state index in [2.05, 4.69) is 6.58 Å². The number of amides is 1. The number of hydrogen-bond donors (Lipinski definition) is 1. The average Bonchev–Trinajstić information content (AvgIpc) is 2.52. The lowest BCUT2D eigenvalue weighted by molar-refractivity contribution is 0.0981. The summed E-state index contributed by atoms with van der Waals surface area (Å²) < 4.78 is 28.8. The molecule has 1 aliphatic heterocycles. The zero-order valence-corrected chi connectivity index (χ0v) is 14.3. The molecule has 0 saturated heterocycles. The van der Waals surface area contributed by atoms with Crippen molar-refractivity contribution in [3.05, 3.63) is 76.8 Å². The van der Waals surface area contributed by atoms with E-state index in [4.69, 9.17) is 11.8 Å². The van der Waals surface area contributed by atoms with E-state index in [0.717, 1.165) is 17.7 Å². The minimum atomic E-state index is -0.833. The Morgan fingerprint density at radius 1 is 1.25 bits per heavy atom. The van der Waals surface area contributed by atoms with E-state index in [9.17, 15) is 13.6 Å². The zero-order chi connectivity index (χ0) is 18.0. The summed E-state index contributed by atoms with van der Waals surface area (Å²) in [5.74, 6) is -2.44. The molecular formula is C18H17ClF2N2O. The third-order valence-corrected chi connectivity index (χ3v) is 4.03. The van der Waals surface area contributed by atoms with E-state index in [1.54, 1.807) is 24.9 Å². The number of nitrogens with zero attached hydrogens (tertiary/aromatic N) is 1. The highest BCUT2D eigenvalue weighted by molar-refractivity contribution is 6.24. The fraction of sp³-hybridized carbons (Fsp3) is 0.167. The van der Waals surface area contributed by atoms with Crippen LogP contribution in [-0.4, -0.2) is 10.8 Å². The molecule has 2 rings (SSSR count). The van der Waals surface area contributed by atoms with Gasteiger partial charge in [0.05, 0.1) is 5.56 Å². The van der Waals surface area contributed by atoms with Gasteiger partial charge in [-0.1, -0.05) is 6.58 Å². The van der Waals surface area contributed by atoms with Gasteiger partial charge in [0.25, 0.3) is 5.91 Å². The van der Waals surface area contributed by atoms with Gasteiger partial charge in [-0.05, 0) is 56.2 Å². The van der Waals surface area contributed by atoms with Crippen LogP contribution in [0.2, 0.25) is 0 Å². The summed E-state index contributed by atoms with van der Waals surface area (Å²) in [4.78, 5) is 15.0. The molecular weight excluding hydrogens is 334 g/mol. The van der Waals surface area contributed by atoms with Gasteiger partial charge in [-0.2, -0.15) is 0 Å². The summed E-state index contributed by atoms with van der Waals surface area (Å²) >= 11 is 5.19. The fourth-order valence-corrected chi connectivity index (χ4v) is 2.58. The zero-order valence-electron chi connectivity index (χ0n) is 13.6. The molecule has 1 amide bonds. The number of hydrogen-bond acceptors (Lipinski definition) is 2. The summed E-state index contributed by atoms with van der Waals surface area (Å²) in [6, 6.07) is 1.91. The fourth-order valence-electron chi connectivity index (χ4n) is 2.47. The smallest absolute Gasteiger partial charge is 0.265 e. The first-order valence-corrected chi connectivity index (χ1v) is 7.56. The van der Waals surface area contributed by atoms with Crippen LogP contribution in [0.4, 0.5) is 8.78 Å². The highest BCUT2D eigenvalue weighted by atomic mass is 35.5. The Bertz CT molecular complexity index is 786. The van der Waals surface area contributed by atoms with Crippen LogP contribution in [0.5, 0.6) is 0 Å². The Morgan fingerprint density at radius 2 is 1.83 bits per heavy atom. The van der Waals surface area contributed by atoms with Gasteiger partial charge in [0.1, 0.15) is 11.6 Å².